The summed E-state index contributed by atoms with van der Waals surface area (Å²) in [5.74, 6) is 2.35. The lowest BCUT2D eigenvalue weighted by Crippen LogP contribution is -2.49. The first-order valence-electron chi connectivity index (χ1n) is 10.5. The van der Waals surface area contributed by atoms with Gasteiger partial charge in [0.1, 0.15) is 0 Å². The molecule has 0 aliphatic carbocycles. The van der Waals surface area contributed by atoms with Crippen molar-refractivity contribution >= 4 is 11.6 Å². The molecule has 2 aliphatic heterocycles. The van der Waals surface area contributed by atoms with Gasteiger partial charge < -0.3 is 19.7 Å². The molecule has 3 heterocycles. The molecular formula is C22H32N6. The van der Waals surface area contributed by atoms with E-state index in [4.69, 9.17) is 0 Å². The molecule has 28 heavy (non-hydrogen) atoms. The maximum Gasteiger partial charge on any atom is 0.193 e. The molecule has 3 unspecified atom stereocenters. The fourth-order valence-corrected chi connectivity index (χ4v) is 4.54. The molecule has 2 saturated heterocycles. The second-order valence-corrected chi connectivity index (χ2v) is 8.15. The Labute approximate surface area is 168 Å². The third-order valence-corrected chi connectivity index (χ3v) is 6.29. The van der Waals surface area contributed by atoms with Crippen LogP contribution in [0.25, 0.3) is 0 Å². The summed E-state index contributed by atoms with van der Waals surface area (Å²) in [6.45, 7) is 7.62. The molecule has 0 amide bonds. The summed E-state index contributed by atoms with van der Waals surface area (Å²) in [4.78, 5) is 13.7. The van der Waals surface area contributed by atoms with Crippen LogP contribution >= 0.6 is 0 Å². The van der Waals surface area contributed by atoms with Crippen LogP contribution in [0.15, 0.2) is 54.0 Å². The van der Waals surface area contributed by atoms with Crippen molar-refractivity contribution < 1.29 is 0 Å². The van der Waals surface area contributed by atoms with E-state index in [9.17, 15) is 0 Å². The Balaban J connectivity index is 1.31. The number of anilines is 1. The molecule has 1 aromatic carbocycles. The summed E-state index contributed by atoms with van der Waals surface area (Å²) >= 11 is 0. The Morgan fingerprint density at radius 1 is 1.18 bits per heavy atom. The summed E-state index contributed by atoms with van der Waals surface area (Å²) in [5.41, 5.74) is 1.34. The second kappa shape index (κ2) is 8.67. The molecule has 6 heteroatoms. The molecular weight excluding hydrogens is 348 g/mol. The van der Waals surface area contributed by atoms with Gasteiger partial charge in [-0.3, -0.25) is 4.99 Å². The highest BCUT2D eigenvalue weighted by atomic mass is 15.3. The number of para-hydroxylation sites is 1. The quantitative estimate of drug-likeness (QED) is 0.655. The third-order valence-electron chi connectivity index (χ3n) is 6.29. The van der Waals surface area contributed by atoms with Gasteiger partial charge in [0.15, 0.2) is 5.96 Å². The van der Waals surface area contributed by atoms with E-state index in [0.29, 0.717) is 17.9 Å². The number of benzene rings is 1. The molecule has 2 aliphatic rings. The summed E-state index contributed by atoms with van der Waals surface area (Å²) in [5, 5.41) is 3.66. The van der Waals surface area contributed by atoms with Gasteiger partial charge in [0, 0.05) is 57.9 Å². The molecule has 0 bridgehead atoms. The fraction of sp³-hybridized carbons (Fsp3) is 0.545. The van der Waals surface area contributed by atoms with Crippen LogP contribution in [0.1, 0.15) is 25.8 Å². The van der Waals surface area contributed by atoms with Gasteiger partial charge in [-0.15, -0.1) is 0 Å². The van der Waals surface area contributed by atoms with Crippen LogP contribution < -0.4 is 10.2 Å². The molecule has 6 nitrogen and oxygen atoms in total. The van der Waals surface area contributed by atoms with E-state index in [2.05, 4.69) is 73.1 Å². The van der Waals surface area contributed by atoms with Crippen molar-refractivity contribution in [2.24, 2.45) is 16.8 Å². The zero-order valence-corrected chi connectivity index (χ0v) is 17.0. The van der Waals surface area contributed by atoms with Gasteiger partial charge in [0.05, 0.1) is 12.4 Å². The fourth-order valence-electron chi connectivity index (χ4n) is 4.54. The van der Waals surface area contributed by atoms with Gasteiger partial charge in [-0.2, -0.15) is 0 Å². The van der Waals surface area contributed by atoms with Gasteiger partial charge in [-0.25, -0.2) is 4.98 Å². The topological polar surface area (TPSA) is 48.7 Å². The molecule has 1 aromatic heterocycles. The van der Waals surface area contributed by atoms with E-state index in [1.165, 1.54) is 18.5 Å². The number of guanidine groups is 1. The predicted molar refractivity (Wildman–Crippen MR) is 115 cm³/mol. The van der Waals surface area contributed by atoms with Crippen molar-refractivity contribution in [2.75, 3.05) is 44.7 Å². The first-order valence-corrected chi connectivity index (χ1v) is 10.5. The van der Waals surface area contributed by atoms with Crippen molar-refractivity contribution in [1.29, 1.82) is 0 Å². The number of hydrogen-bond acceptors (Lipinski definition) is 3. The maximum absolute atomic E-state index is 4.58. The van der Waals surface area contributed by atoms with Crippen LogP contribution in [0.4, 0.5) is 5.69 Å². The Morgan fingerprint density at radius 3 is 2.79 bits per heavy atom. The van der Waals surface area contributed by atoms with E-state index >= 15 is 0 Å². The molecule has 0 saturated carbocycles. The summed E-state index contributed by atoms with van der Waals surface area (Å²) in [6.07, 6.45) is 8.30. The average Bonchev–Trinajstić information content (AvgIpc) is 3.42. The van der Waals surface area contributed by atoms with Crippen LogP contribution in [0.5, 0.6) is 0 Å². The summed E-state index contributed by atoms with van der Waals surface area (Å²) in [6, 6.07) is 11.2. The van der Waals surface area contributed by atoms with Crippen molar-refractivity contribution in [1.82, 2.24) is 19.8 Å². The Bertz CT molecular complexity index is 757. The summed E-state index contributed by atoms with van der Waals surface area (Å²) in [7, 11) is 1.90. The minimum atomic E-state index is 0.454. The normalized spacial score (nSPS) is 25.9. The number of imidazole rings is 1. The highest BCUT2D eigenvalue weighted by Gasteiger charge is 2.29. The summed E-state index contributed by atoms with van der Waals surface area (Å²) < 4.78 is 2.25. The monoisotopic (exact) mass is 380 g/mol. The van der Waals surface area contributed by atoms with Gasteiger partial charge in [0.25, 0.3) is 0 Å². The smallest absolute Gasteiger partial charge is 0.193 e. The highest BCUT2D eigenvalue weighted by Crippen LogP contribution is 2.27. The molecule has 2 aromatic rings. The lowest BCUT2D eigenvalue weighted by molar-refractivity contribution is 0.188. The Hall–Kier alpha value is -2.50. The first-order chi connectivity index (χ1) is 13.7. The Kier molecular flexibility index (Phi) is 5.84. The van der Waals surface area contributed by atoms with E-state index in [-0.39, 0.29) is 0 Å². The number of piperidine rings is 1. The zero-order valence-electron chi connectivity index (χ0n) is 17.0. The highest BCUT2D eigenvalue weighted by molar-refractivity contribution is 5.80. The number of nitrogens with zero attached hydrogens (tertiary/aromatic N) is 5. The molecule has 2 fully saturated rings. The molecule has 4 rings (SSSR count). The molecule has 0 radical (unpaired) electrons. The van der Waals surface area contributed by atoms with Gasteiger partial charge >= 0.3 is 0 Å². The maximum atomic E-state index is 4.58. The lowest BCUT2D eigenvalue weighted by atomic mass is 9.93. The van der Waals surface area contributed by atoms with Crippen molar-refractivity contribution in [3.8, 4) is 0 Å². The third kappa shape index (κ3) is 4.16. The number of nitrogens with one attached hydrogen (secondary N) is 1. The predicted octanol–water partition coefficient (Wildman–Crippen LogP) is 2.87. The minimum Gasteiger partial charge on any atom is -0.371 e. The zero-order chi connectivity index (χ0) is 19.3. The average molecular weight is 381 g/mol. The van der Waals surface area contributed by atoms with Crippen LogP contribution in [0.2, 0.25) is 0 Å². The van der Waals surface area contributed by atoms with Crippen molar-refractivity contribution in [2.45, 2.75) is 25.8 Å². The van der Waals surface area contributed by atoms with E-state index < -0.39 is 0 Å². The van der Waals surface area contributed by atoms with Crippen molar-refractivity contribution in [3.63, 3.8) is 0 Å². The molecule has 150 valence electrons. The number of hydrogen-bond donors (Lipinski definition) is 1. The van der Waals surface area contributed by atoms with E-state index in [1.807, 2.05) is 19.6 Å². The molecule has 1 N–H and O–H groups in total. The number of rotatable bonds is 4. The van der Waals surface area contributed by atoms with E-state index in [1.54, 1.807) is 0 Å². The van der Waals surface area contributed by atoms with E-state index in [0.717, 1.165) is 38.7 Å². The Morgan fingerprint density at radius 2 is 2.04 bits per heavy atom. The molecule has 3 atom stereocenters. The second-order valence-electron chi connectivity index (χ2n) is 8.15. The van der Waals surface area contributed by atoms with Crippen LogP contribution in [0, 0.1) is 11.8 Å². The van der Waals surface area contributed by atoms with Crippen LogP contribution in [0.3, 0.4) is 0 Å². The SMILES string of the molecule is CN=C(NCC1CCN(c2ccccc2)C1)N1CCC(C)C(n2ccnc2)C1. The van der Waals surface area contributed by atoms with Gasteiger partial charge in [0.2, 0.25) is 0 Å². The lowest BCUT2D eigenvalue weighted by Gasteiger charge is -2.39. The van der Waals surface area contributed by atoms with Crippen LogP contribution in [-0.2, 0) is 0 Å². The first kappa shape index (κ1) is 18.8. The van der Waals surface area contributed by atoms with Gasteiger partial charge in [-0.1, -0.05) is 25.1 Å². The minimum absolute atomic E-state index is 0.454. The number of aliphatic imine (C=N–C) groups is 1. The number of likely N-dealkylation sites (tertiary alicyclic amines) is 1. The van der Waals surface area contributed by atoms with Gasteiger partial charge in [-0.05, 0) is 36.8 Å². The number of aromatic nitrogens is 2. The largest absolute Gasteiger partial charge is 0.371 e. The standard InChI is InChI=1S/C22H32N6/c1-18-8-11-27(16-21(18)28-13-10-24-17-28)22(23-2)25-14-19-9-12-26(15-19)20-6-4-3-5-7-20/h3-7,10,13,17-19,21H,8-9,11-12,14-16H2,1-2H3,(H,23,25). The molecule has 0 spiro atoms. The van der Waals surface area contributed by atoms with Crippen LogP contribution in [-0.4, -0.2) is 60.2 Å². The van der Waals surface area contributed by atoms with Crippen molar-refractivity contribution in [3.05, 3.63) is 49.1 Å².